The topological polar surface area (TPSA) is 9.86 Å². The number of hydrogen-bond acceptors (Lipinski definition) is 0. The minimum atomic E-state index is -0.303. The average molecular weight is 653 g/mol. The Labute approximate surface area is 289 Å². The minimum absolute atomic E-state index is 0.303. The molecule has 2 heterocycles. The highest BCUT2D eigenvalue weighted by atomic mass is 19.1. The molecular formula is C46H34F2N2. The summed E-state index contributed by atoms with van der Waals surface area (Å²) in [5.74, 6) is -0.606. The lowest BCUT2D eigenvalue weighted by Crippen LogP contribution is -2.13. The van der Waals surface area contributed by atoms with Crippen molar-refractivity contribution < 1.29 is 8.78 Å². The summed E-state index contributed by atoms with van der Waals surface area (Å²) in [6.07, 6.45) is 1.37. The van der Waals surface area contributed by atoms with Gasteiger partial charge in [-0.25, -0.2) is 8.78 Å². The number of nitrogens with zero attached hydrogens (tertiary/aromatic N) is 2. The van der Waals surface area contributed by atoms with Crippen LogP contribution >= 0.6 is 0 Å². The normalized spacial score (nSPS) is 11.8. The van der Waals surface area contributed by atoms with Gasteiger partial charge in [-0.1, -0.05) is 111 Å². The quantitative estimate of drug-likeness (QED) is 0.169. The molecule has 9 rings (SSSR count). The van der Waals surface area contributed by atoms with Crippen LogP contribution in [0, 0.1) is 11.6 Å². The maximum Gasteiger partial charge on any atom is 0.123 e. The fourth-order valence-electron chi connectivity index (χ4n) is 8.25. The van der Waals surface area contributed by atoms with E-state index in [0.29, 0.717) is 12.8 Å². The van der Waals surface area contributed by atoms with E-state index in [4.69, 9.17) is 0 Å². The fraction of sp³-hybridized carbons (Fsp3) is 0.0870. The molecule has 2 aromatic heterocycles. The second kappa shape index (κ2) is 11.9. The Morgan fingerprint density at radius 2 is 0.740 bits per heavy atom. The number of fused-ring (bicyclic) bond motifs is 6. The molecule has 0 saturated carbocycles. The molecule has 0 aliphatic carbocycles. The molecule has 0 saturated heterocycles. The monoisotopic (exact) mass is 652 g/mol. The zero-order chi connectivity index (χ0) is 33.9. The third kappa shape index (κ3) is 4.45. The summed E-state index contributed by atoms with van der Waals surface area (Å²) in [7, 11) is 0. The molecule has 0 unspecified atom stereocenters. The number of para-hydroxylation sites is 4. The van der Waals surface area contributed by atoms with Crippen molar-refractivity contribution in [2.45, 2.75) is 26.7 Å². The molecule has 0 aliphatic rings. The maximum absolute atomic E-state index is 15.4. The van der Waals surface area contributed by atoms with Crippen molar-refractivity contribution in [3.8, 4) is 33.6 Å². The van der Waals surface area contributed by atoms with Gasteiger partial charge in [-0.2, -0.15) is 0 Å². The number of hydrogen-bond donors (Lipinski definition) is 0. The predicted molar refractivity (Wildman–Crippen MR) is 205 cm³/mol. The van der Waals surface area contributed by atoms with Crippen molar-refractivity contribution in [2.24, 2.45) is 0 Å². The first-order valence-electron chi connectivity index (χ1n) is 17.3. The summed E-state index contributed by atoms with van der Waals surface area (Å²) in [5, 5.41) is 4.58. The molecule has 0 atom stereocenters. The van der Waals surface area contributed by atoms with Crippen molar-refractivity contribution in [3.63, 3.8) is 0 Å². The van der Waals surface area contributed by atoms with Crippen molar-refractivity contribution >= 4 is 43.6 Å². The molecule has 0 aliphatic heterocycles. The Morgan fingerprint density at radius 3 is 1.08 bits per heavy atom. The van der Waals surface area contributed by atoms with E-state index in [1.165, 1.54) is 22.9 Å². The zero-order valence-corrected chi connectivity index (χ0v) is 27.9. The number of aromatic nitrogens is 2. The summed E-state index contributed by atoms with van der Waals surface area (Å²) >= 11 is 0. The minimum Gasteiger partial charge on any atom is -0.309 e. The third-order valence-electron chi connectivity index (χ3n) is 10.2. The first-order chi connectivity index (χ1) is 24.6. The zero-order valence-electron chi connectivity index (χ0n) is 27.9. The molecule has 0 amide bonds. The molecule has 0 spiro atoms. The van der Waals surface area contributed by atoms with Crippen LogP contribution in [0.3, 0.4) is 0 Å². The smallest absolute Gasteiger partial charge is 0.123 e. The maximum atomic E-state index is 15.4. The lowest BCUT2D eigenvalue weighted by Gasteiger charge is -2.29. The highest BCUT2D eigenvalue weighted by Crippen LogP contribution is 2.49. The van der Waals surface area contributed by atoms with Crippen LogP contribution in [0.4, 0.5) is 8.78 Å². The second-order valence-corrected chi connectivity index (χ2v) is 12.9. The molecule has 2 nitrogen and oxygen atoms in total. The molecule has 7 aromatic carbocycles. The molecule has 4 heteroatoms. The lowest BCUT2D eigenvalue weighted by molar-refractivity contribution is 0.628. The van der Waals surface area contributed by atoms with E-state index in [0.717, 1.165) is 77.6 Å². The second-order valence-electron chi connectivity index (χ2n) is 12.9. The Hall–Kier alpha value is -6.00. The molecule has 0 fully saturated rings. The van der Waals surface area contributed by atoms with Gasteiger partial charge >= 0.3 is 0 Å². The van der Waals surface area contributed by atoms with Crippen LogP contribution in [0.1, 0.15) is 25.0 Å². The van der Waals surface area contributed by atoms with E-state index in [1.54, 1.807) is 24.3 Å². The van der Waals surface area contributed by atoms with E-state index in [2.05, 4.69) is 120 Å². The molecule has 50 heavy (non-hydrogen) atoms. The summed E-state index contributed by atoms with van der Waals surface area (Å²) in [4.78, 5) is 0. The Balaban J connectivity index is 1.60. The van der Waals surface area contributed by atoms with Crippen molar-refractivity contribution in [2.75, 3.05) is 0 Å². The van der Waals surface area contributed by atoms with Gasteiger partial charge in [0.1, 0.15) is 11.6 Å². The van der Waals surface area contributed by atoms with Crippen LogP contribution in [-0.2, 0) is 12.8 Å². The van der Waals surface area contributed by atoms with Crippen molar-refractivity contribution in [1.29, 1.82) is 0 Å². The first kappa shape index (κ1) is 30.1. The highest BCUT2D eigenvalue weighted by molar-refractivity contribution is 6.12. The van der Waals surface area contributed by atoms with E-state index < -0.39 is 0 Å². The van der Waals surface area contributed by atoms with Crippen LogP contribution in [0.15, 0.2) is 146 Å². The summed E-state index contributed by atoms with van der Waals surface area (Å²) in [6.45, 7) is 4.37. The number of rotatable bonds is 6. The average Bonchev–Trinajstić information content (AvgIpc) is 3.66. The predicted octanol–water partition coefficient (Wildman–Crippen LogP) is 12.6. The van der Waals surface area contributed by atoms with Gasteiger partial charge < -0.3 is 9.13 Å². The molecular weight excluding hydrogens is 619 g/mol. The largest absolute Gasteiger partial charge is 0.309 e. The van der Waals surface area contributed by atoms with Crippen LogP contribution in [-0.4, -0.2) is 9.13 Å². The van der Waals surface area contributed by atoms with E-state index in [-0.39, 0.29) is 11.6 Å². The van der Waals surface area contributed by atoms with Crippen LogP contribution in [0.2, 0.25) is 0 Å². The third-order valence-corrected chi connectivity index (χ3v) is 10.2. The first-order valence-corrected chi connectivity index (χ1v) is 17.3. The standard InChI is InChI=1S/C46H34F2N2/c1-3-33-43(29-15-13-17-31(47)27-29)46(50-41-25-11-7-21-37(41)38-22-8-12-26-42(38)50)44(30-16-14-18-32(48)28-30)34(4-2)45(33)49-39-23-9-5-19-35(39)36-20-6-10-24-40(36)49/h5-28H,3-4H2,1-2H3. The number of benzene rings is 7. The van der Waals surface area contributed by atoms with Gasteiger partial charge in [-0.05, 0) is 83.6 Å². The summed E-state index contributed by atoms with van der Waals surface area (Å²) in [6, 6.07) is 47.8. The van der Waals surface area contributed by atoms with Gasteiger partial charge in [-0.3, -0.25) is 0 Å². The van der Waals surface area contributed by atoms with E-state index in [9.17, 15) is 0 Å². The summed E-state index contributed by atoms with van der Waals surface area (Å²) < 4.78 is 35.6. The molecule has 9 aromatic rings. The highest BCUT2D eigenvalue weighted by Gasteiger charge is 2.30. The van der Waals surface area contributed by atoms with Gasteiger partial charge in [0.25, 0.3) is 0 Å². The number of halogens is 2. The molecule has 242 valence electrons. The molecule has 0 N–H and O–H groups in total. The van der Waals surface area contributed by atoms with E-state index >= 15 is 8.78 Å². The van der Waals surface area contributed by atoms with Crippen LogP contribution in [0.5, 0.6) is 0 Å². The Kier molecular flexibility index (Phi) is 7.13. The Morgan fingerprint density at radius 1 is 0.400 bits per heavy atom. The van der Waals surface area contributed by atoms with Gasteiger partial charge in [0.2, 0.25) is 0 Å². The van der Waals surface area contributed by atoms with Crippen LogP contribution < -0.4 is 0 Å². The molecule has 0 radical (unpaired) electrons. The van der Waals surface area contributed by atoms with Gasteiger partial charge in [-0.15, -0.1) is 0 Å². The Bertz CT molecular complexity index is 2580. The van der Waals surface area contributed by atoms with Crippen molar-refractivity contribution in [1.82, 2.24) is 9.13 Å². The van der Waals surface area contributed by atoms with Crippen molar-refractivity contribution in [3.05, 3.63) is 168 Å². The summed E-state index contributed by atoms with van der Waals surface area (Å²) in [5.41, 5.74) is 11.9. The van der Waals surface area contributed by atoms with E-state index in [1.807, 2.05) is 12.1 Å². The lowest BCUT2D eigenvalue weighted by atomic mass is 9.84. The van der Waals surface area contributed by atoms with Crippen LogP contribution in [0.25, 0.3) is 77.2 Å². The molecule has 0 bridgehead atoms. The van der Waals surface area contributed by atoms with Gasteiger partial charge in [0, 0.05) is 32.7 Å². The van der Waals surface area contributed by atoms with Gasteiger partial charge in [0.05, 0.1) is 33.4 Å². The fourth-order valence-corrected chi connectivity index (χ4v) is 8.25. The van der Waals surface area contributed by atoms with Gasteiger partial charge in [0.15, 0.2) is 0 Å². The SMILES string of the molecule is CCc1c(-c2cccc(F)c2)c(-n2c3ccccc3c3ccccc32)c(-c2cccc(F)c2)c(CC)c1-n1c2ccccc2c2ccccc21.